The zero-order valence-electron chi connectivity index (χ0n) is 11.3. The minimum Gasteiger partial charge on any atom is -0.398 e. The molecular weight excluding hydrogens is 240 g/mol. The Morgan fingerprint density at radius 1 is 1.42 bits per heavy atom. The molecule has 0 saturated carbocycles. The lowest BCUT2D eigenvalue weighted by atomic mass is 10.1. The molecule has 1 heterocycles. The van der Waals surface area contributed by atoms with Crippen molar-refractivity contribution in [2.45, 2.75) is 12.6 Å². The Bertz CT molecular complexity index is 538. The first kappa shape index (κ1) is 13.6. The SMILES string of the molecule is CN(Cc1nccn1C)CC(O)c1ccccc1N. The van der Waals surface area contributed by atoms with E-state index in [9.17, 15) is 5.11 Å². The molecule has 1 unspecified atom stereocenters. The van der Waals surface area contributed by atoms with Crippen LogP contribution in [0.2, 0.25) is 0 Å². The number of likely N-dealkylation sites (N-methyl/N-ethyl adjacent to an activating group) is 1. The number of aromatic nitrogens is 2. The quantitative estimate of drug-likeness (QED) is 0.792. The zero-order chi connectivity index (χ0) is 13.8. The van der Waals surface area contributed by atoms with Gasteiger partial charge in [0.05, 0.1) is 12.6 Å². The molecule has 0 radical (unpaired) electrons. The molecule has 0 aliphatic carbocycles. The lowest BCUT2D eigenvalue weighted by Crippen LogP contribution is -2.26. The average molecular weight is 260 g/mol. The second-order valence-corrected chi connectivity index (χ2v) is 4.80. The van der Waals surface area contributed by atoms with Gasteiger partial charge in [-0.15, -0.1) is 0 Å². The Hall–Kier alpha value is -1.85. The predicted octanol–water partition coefficient (Wildman–Crippen LogP) is 1.17. The van der Waals surface area contributed by atoms with E-state index in [-0.39, 0.29) is 0 Å². The fourth-order valence-corrected chi connectivity index (χ4v) is 2.06. The molecule has 0 aliphatic rings. The number of imidazole rings is 1. The van der Waals surface area contributed by atoms with E-state index in [0.29, 0.717) is 18.8 Å². The number of hydrogen-bond acceptors (Lipinski definition) is 4. The molecule has 0 amide bonds. The summed E-state index contributed by atoms with van der Waals surface area (Å²) in [5.74, 6) is 0.968. The first-order valence-corrected chi connectivity index (χ1v) is 6.25. The Labute approximate surface area is 113 Å². The highest BCUT2D eigenvalue weighted by molar-refractivity contribution is 5.47. The molecule has 2 aromatic rings. The summed E-state index contributed by atoms with van der Waals surface area (Å²) in [6.45, 7) is 1.20. The molecule has 0 bridgehead atoms. The van der Waals surface area contributed by atoms with Gasteiger partial charge < -0.3 is 15.4 Å². The van der Waals surface area contributed by atoms with Crippen LogP contribution in [0.5, 0.6) is 0 Å². The molecule has 0 aliphatic heterocycles. The molecule has 1 atom stereocenters. The van der Waals surface area contributed by atoms with Gasteiger partial charge in [-0.25, -0.2) is 4.98 Å². The molecule has 19 heavy (non-hydrogen) atoms. The van der Waals surface area contributed by atoms with E-state index in [1.54, 1.807) is 12.3 Å². The fourth-order valence-electron chi connectivity index (χ4n) is 2.06. The van der Waals surface area contributed by atoms with Crippen LogP contribution in [0.25, 0.3) is 0 Å². The van der Waals surface area contributed by atoms with Gasteiger partial charge in [-0.05, 0) is 13.1 Å². The maximum absolute atomic E-state index is 10.2. The molecule has 5 nitrogen and oxygen atoms in total. The van der Waals surface area contributed by atoms with Crippen LogP contribution in [0.4, 0.5) is 5.69 Å². The highest BCUT2D eigenvalue weighted by atomic mass is 16.3. The standard InChI is InChI=1S/C14H20N4O/c1-17(10-14-16-7-8-18(14)2)9-13(19)11-5-3-4-6-12(11)15/h3-8,13,19H,9-10,15H2,1-2H3. The number of nitrogen functional groups attached to an aromatic ring is 1. The molecule has 5 heteroatoms. The van der Waals surface area contributed by atoms with E-state index in [2.05, 4.69) is 4.98 Å². The number of para-hydroxylation sites is 1. The Morgan fingerprint density at radius 2 is 2.16 bits per heavy atom. The van der Waals surface area contributed by atoms with Gasteiger partial charge in [-0.3, -0.25) is 4.90 Å². The van der Waals surface area contributed by atoms with Crippen molar-refractivity contribution < 1.29 is 5.11 Å². The summed E-state index contributed by atoms with van der Waals surface area (Å²) >= 11 is 0. The summed E-state index contributed by atoms with van der Waals surface area (Å²) in [4.78, 5) is 6.30. The van der Waals surface area contributed by atoms with Gasteiger partial charge in [0.2, 0.25) is 0 Å². The summed E-state index contributed by atoms with van der Waals surface area (Å²) in [7, 11) is 3.92. The van der Waals surface area contributed by atoms with Crippen molar-refractivity contribution in [3.8, 4) is 0 Å². The zero-order valence-corrected chi connectivity index (χ0v) is 11.3. The maximum atomic E-state index is 10.2. The van der Waals surface area contributed by atoms with Gasteiger partial charge in [0.25, 0.3) is 0 Å². The summed E-state index contributed by atoms with van der Waals surface area (Å²) in [6, 6.07) is 7.41. The van der Waals surface area contributed by atoms with E-state index >= 15 is 0 Å². The Kier molecular flexibility index (Phi) is 4.19. The molecule has 2 rings (SSSR count). The normalized spacial score (nSPS) is 12.8. The van der Waals surface area contributed by atoms with E-state index < -0.39 is 6.10 Å². The highest BCUT2D eigenvalue weighted by Gasteiger charge is 2.14. The van der Waals surface area contributed by atoms with Crippen molar-refractivity contribution in [2.75, 3.05) is 19.3 Å². The van der Waals surface area contributed by atoms with Crippen molar-refractivity contribution in [2.24, 2.45) is 7.05 Å². The summed E-state index contributed by atoms with van der Waals surface area (Å²) in [5.41, 5.74) is 7.26. The van der Waals surface area contributed by atoms with Crippen LogP contribution in [-0.4, -0.2) is 33.1 Å². The molecule has 102 valence electrons. The second-order valence-electron chi connectivity index (χ2n) is 4.80. The first-order chi connectivity index (χ1) is 9.08. The molecule has 0 saturated heterocycles. The van der Waals surface area contributed by atoms with Crippen LogP contribution in [-0.2, 0) is 13.6 Å². The van der Waals surface area contributed by atoms with Crippen LogP contribution in [0, 0.1) is 0 Å². The van der Waals surface area contributed by atoms with Gasteiger partial charge in [0.15, 0.2) is 0 Å². The number of anilines is 1. The predicted molar refractivity (Wildman–Crippen MR) is 75.4 cm³/mol. The molecular formula is C14H20N4O. The van der Waals surface area contributed by atoms with Crippen molar-refractivity contribution >= 4 is 5.69 Å². The number of nitrogens with zero attached hydrogens (tertiary/aromatic N) is 3. The van der Waals surface area contributed by atoms with Crippen molar-refractivity contribution in [3.63, 3.8) is 0 Å². The summed E-state index contributed by atoms with van der Waals surface area (Å²) in [6.07, 6.45) is 3.09. The number of aryl methyl sites for hydroxylation is 1. The number of nitrogens with two attached hydrogens (primary N) is 1. The lowest BCUT2D eigenvalue weighted by molar-refractivity contribution is 0.122. The van der Waals surface area contributed by atoms with Crippen LogP contribution < -0.4 is 5.73 Å². The summed E-state index contributed by atoms with van der Waals surface area (Å²) < 4.78 is 1.97. The smallest absolute Gasteiger partial charge is 0.122 e. The third-order valence-corrected chi connectivity index (χ3v) is 3.17. The Morgan fingerprint density at radius 3 is 2.79 bits per heavy atom. The molecule has 0 fully saturated rings. The molecule has 1 aromatic carbocycles. The van der Waals surface area contributed by atoms with E-state index in [1.807, 2.05) is 48.0 Å². The van der Waals surface area contributed by atoms with E-state index in [0.717, 1.165) is 11.4 Å². The average Bonchev–Trinajstić information content (AvgIpc) is 2.75. The van der Waals surface area contributed by atoms with E-state index in [4.69, 9.17) is 5.73 Å². The third kappa shape index (κ3) is 3.33. The van der Waals surface area contributed by atoms with Gasteiger partial charge in [0.1, 0.15) is 5.82 Å². The molecule has 1 aromatic heterocycles. The van der Waals surface area contributed by atoms with Crippen LogP contribution >= 0.6 is 0 Å². The molecule has 3 N–H and O–H groups in total. The number of benzene rings is 1. The van der Waals surface area contributed by atoms with Gasteiger partial charge in [-0.2, -0.15) is 0 Å². The summed E-state index contributed by atoms with van der Waals surface area (Å²) in [5, 5.41) is 10.2. The number of hydrogen-bond donors (Lipinski definition) is 2. The number of aliphatic hydroxyl groups is 1. The minimum atomic E-state index is -0.591. The number of rotatable bonds is 5. The minimum absolute atomic E-state index is 0.515. The van der Waals surface area contributed by atoms with Gasteiger partial charge >= 0.3 is 0 Å². The monoisotopic (exact) mass is 260 g/mol. The second kappa shape index (κ2) is 5.86. The highest BCUT2D eigenvalue weighted by Crippen LogP contribution is 2.20. The molecule has 0 spiro atoms. The van der Waals surface area contributed by atoms with Gasteiger partial charge in [-0.1, -0.05) is 18.2 Å². The number of aliphatic hydroxyl groups excluding tert-OH is 1. The fraction of sp³-hybridized carbons (Fsp3) is 0.357. The van der Waals surface area contributed by atoms with Crippen molar-refractivity contribution in [3.05, 3.63) is 48.0 Å². The maximum Gasteiger partial charge on any atom is 0.122 e. The van der Waals surface area contributed by atoms with Crippen molar-refractivity contribution in [1.82, 2.24) is 14.5 Å². The van der Waals surface area contributed by atoms with Crippen LogP contribution in [0.3, 0.4) is 0 Å². The largest absolute Gasteiger partial charge is 0.398 e. The van der Waals surface area contributed by atoms with Crippen LogP contribution in [0.15, 0.2) is 36.7 Å². The topological polar surface area (TPSA) is 67.3 Å². The van der Waals surface area contributed by atoms with E-state index in [1.165, 1.54) is 0 Å². The van der Waals surface area contributed by atoms with Crippen molar-refractivity contribution in [1.29, 1.82) is 0 Å². The van der Waals surface area contributed by atoms with Gasteiger partial charge in [0, 0.05) is 37.2 Å². The third-order valence-electron chi connectivity index (χ3n) is 3.17. The Balaban J connectivity index is 1.97. The lowest BCUT2D eigenvalue weighted by Gasteiger charge is -2.21. The van der Waals surface area contributed by atoms with Crippen LogP contribution in [0.1, 0.15) is 17.5 Å². The first-order valence-electron chi connectivity index (χ1n) is 6.25.